The molecule has 0 aliphatic rings. The lowest BCUT2D eigenvalue weighted by molar-refractivity contribution is 0.0918. The highest BCUT2D eigenvalue weighted by Crippen LogP contribution is 2.16. The molecule has 1 unspecified atom stereocenters. The molecule has 1 amide bonds. The van der Waals surface area contributed by atoms with E-state index in [0.29, 0.717) is 13.0 Å². The molecule has 1 aromatic rings. The van der Waals surface area contributed by atoms with Gasteiger partial charge in [-0.15, -0.1) is 0 Å². The van der Waals surface area contributed by atoms with Gasteiger partial charge in [0.1, 0.15) is 0 Å². The second-order valence-electron chi connectivity index (χ2n) is 4.62. The van der Waals surface area contributed by atoms with Crippen molar-refractivity contribution in [3.05, 3.63) is 35.1 Å². The van der Waals surface area contributed by atoms with Crippen LogP contribution in [0.15, 0.2) is 12.1 Å². The molecule has 0 heterocycles. The predicted molar refractivity (Wildman–Crippen MR) is 66.1 cm³/mol. The number of hydrogen-bond donors (Lipinski definition) is 2. The summed E-state index contributed by atoms with van der Waals surface area (Å²) in [6.07, 6.45) is 0.523. The second kappa shape index (κ2) is 6.56. The van der Waals surface area contributed by atoms with Crippen molar-refractivity contribution in [1.29, 1.82) is 0 Å². The molecule has 1 atom stereocenters. The highest BCUT2D eigenvalue weighted by Gasteiger charge is 2.22. The van der Waals surface area contributed by atoms with Crippen molar-refractivity contribution in [3.8, 4) is 0 Å². The monoisotopic (exact) mass is 274 g/mol. The molecule has 0 aliphatic carbocycles. The largest absolute Gasteiger partial charge is 0.349 e. The van der Waals surface area contributed by atoms with Gasteiger partial charge in [0.15, 0.2) is 17.5 Å². The number of nitrogens with two attached hydrogens (primary N) is 1. The minimum absolute atomic E-state index is 0.0980. The minimum Gasteiger partial charge on any atom is -0.349 e. The Hall–Kier alpha value is -1.56. The summed E-state index contributed by atoms with van der Waals surface area (Å²) in [5.41, 5.74) is 4.91. The van der Waals surface area contributed by atoms with Gasteiger partial charge in [0.05, 0.1) is 5.56 Å². The zero-order chi connectivity index (χ0) is 14.6. The molecular formula is C13H17F3N2O. The van der Waals surface area contributed by atoms with Crippen LogP contribution in [-0.2, 0) is 0 Å². The zero-order valence-corrected chi connectivity index (χ0v) is 10.8. The lowest BCUT2D eigenvalue weighted by Gasteiger charge is -2.21. The Kier molecular flexibility index (Phi) is 5.35. The van der Waals surface area contributed by atoms with E-state index in [-0.39, 0.29) is 12.0 Å². The van der Waals surface area contributed by atoms with Crippen molar-refractivity contribution in [2.24, 2.45) is 11.7 Å². The third-order valence-electron chi connectivity index (χ3n) is 2.88. The third kappa shape index (κ3) is 3.70. The van der Waals surface area contributed by atoms with E-state index in [1.54, 1.807) is 0 Å². The number of rotatable bonds is 5. The van der Waals surface area contributed by atoms with Crippen LogP contribution in [0.1, 0.15) is 30.6 Å². The number of benzene rings is 1. The van der Waals surface area contributed by atoms with Gasteiger partial charge >= 0.3 is 0 Å². The van der Waals surface area contributed by atoms with Crippen LogP contribution in [0.3, 0.4) is 0 Å². The van der Waals surface area contributed by atoms with E-state index in [1.165, 1.54) is 0 Å². The normalized spacial score (nSPS) is 12.6. The van der Waals surface area contributed by atoms with E-state index in [0.717, 1.165) is 12.1 Å². The van der Waals surface area contributed by atoms with E-state index in [4.69, 9.17) is 5.73 Å². The fourth-order valence-corrected chi connectivity index (χ4v) is 1.70. The standard InChI is InChI=1S/C13H17F3N2O/c1-7(2)10(5-6-17)18-13(19)8-3-4-9(14)12(16)11(8)15/h3-4,7,10H,5-6,17H2,1-2H3,(H,18,19). The van der Waals surface area contributed by atoms with Crippen LogP contribution in [-0.4, -0.2) is 18.5 Å². The quantitative estimate of drug-likeness (QED) is 0.809. The number of carbonyl (C=O) groups excluding carboxylic acids is 1. The molecule has 0 aliphatic heterocycles. The highest BCUT2D eigenvalue weighted by atomic mass is 19.2. The average molecular weight is 274 g/mol. The van der Waals surface area contributed by atoms with Crippen molar-refractivity contribution in [3.63, 3.8) is 0 Å². The number of halogens is 3. The van der Waals surface area contributed by atoms with Crippen LogP contribution in [0.25, 0.3) is 0 Å². The van der Waals surface area contributed by atoms with Gasteiger partial charge in [0.2, 0.25) is 0 Å². The smallest absolute Gasteiger partial charge is 0.254 e. The summed E-state index contributed by atoms with van der Waals surface area (Å²) in [7, 11) is 0. The Bertz CT molecular complexity index is 463. The van der Waals surface area contributed by atoms with Crippen LogP contribution >= 0.6 is 0 Å². The van der Waals surface area contributed by atoms with Crippen molar-refractivity contribution < 1.29 is 18.0 Å². The summed E-state index contributed by atoms with van der Waals surface area (Å²) >= 11 is 0. The SMILES string of the molecule is CC(C)C(CCN)NC(=O)c1ccc(F)c(F)c1F. The van der Waals surface area contributed by atoms with Crippen molar-refractivity contribution >= 4 is 5.91 Å². The predicted octanol–water partition coefficient (Wildman–Crippen LogP) is 2.21. The average Bonchev–Trinajstić information content (AvgIpc) is 2.35. The first-order valence-electron chi connectivity index (χ1n) is 6.02. The van der Waals surface area contributed by atoms with Gasteiger partial charge in [-0.25, -0.2) is 13.2 Å². The summed E-state index contributed by atoms with van der Waals surface area (Å²) in [5.74, 6) is -5.12. The minimum atomic E-state index is -1.65. The molecule has 0 saturated carbocycles. The fraction of sp³-hybridized carbons (Fsp3) is 0.462. The van der Waals surface area contributed by atoms with Gasteiger partial charge in [-0.2, -0.15) is 0 Å². The third-order valence-corrected chi connectivity index (χ3v) is 2.88. The molecule has 6 heteroatoms. The Morgan fingerprint density at radius 2 is 1.89 bits per heavy atom. The van der Waals surface area contributed by atoms with Crippen LogP contribution in [0.4, 0.5) is 13.2 Å². The Morgan fingerprint density at radius 3 is 2.42 bits per heavy atom. The topological polar surface area (TPSA) is 55.1 Å². The number of nitrogens with one attached hydrogen (secondary N) is 1. The summed E-state index contributed by atoms with van der Waals surface area (Å²) in [5, 5.41) is 2.57. The lowest BCUT2D eigenvalue weighted by Crippen LogP contribution is -2.40. The molecule has 0 spiro atoms. The van der Waals surface area contributed by atoms with Crippen molar-refractivity contribution in [2.75, 3.05) is 6.54 Å². The Balaban J connectivity index is 2.92. The van der Waals surface area contributed by atoms with Gasteiger partial charge in [-0.05, 0) is 31.0 Å². The summed E-state index contributed by atoms with van der Waals surface area (Å²) in [4.78, 5) is 11.8. The first-order chi connectivity index (χ1) is 8.88. The van der Waals surface area contributed by atoms with Gasteiger partial charge < -0.3 is 11.1 Å². The first-order valence-corrected chi connectivity index (χ1v) is 6.02. The Morgan fingerprint density at radius 1 is 1.26 bits per heavy atom. The maximum absolute atomic E-state index is 13.4. The van der Waals surface area contributed by atoms with Gasteiger partial charge in [-0.1, -0.05) is 13.8 Å². The number of amides is 1. The molecule has 3 nitrogen and oxygen atoms in total. The van der Waals surface area contributed by atoms with Gasteiger partial charge in [0, 0.05) is 6.04 Å². The van der Waals surface area contributed by atoms with E-state index >= 15 is 0 Å². The van der Waals surface area contributed by atoms with Gasteiger partial charge in [-0.3, -0.25) is 4.79 Å². The molecule has 19 heavy (non-hydrogen) atoms. The summed E-state index contributed by atoms with van der Waals surface area (Å²) in [6.45, 7) is 4.12. The first kappa shape index (κ1) is 15.5. The Labute approximate surface area is 110 Å². The summed E-state index contributed by atoms with van der Waals surface area (Å²) < 4.78 is 39.3. The van der Waals surface area contributed by atoms with Crippen LogP contribution < -0.4 is 11.1 Å². The number of hydrogen-bond acceptors (Lipinski definition) is 2. The van der Waals surface area contributed by atoms with Crippen molar-refractivity contribution in [2.45, 2.75) is 26.3 Å². The van der Waals surface area contributed by atoms with E-state index < -0.39 is 28.9 Å². The fourth-order valence-electron chi connectivity index (χ4n) is 1.70. The van der Waals surface area contributed by atoms with Crippen LogP contribution in [0.5, 0.6) is 0 Å². The highest BCUT2D eigenvalue weighted by molar-refractivity contribution is 5.94. The molecule has 0 bridgehead atoms. The lowest BCUT2D eigenvalue weighted by atomic mass is 10.0. The molecule has 3 N–H and O–H groups in total. The van der Waals surface area contributed by atoms with E-state index in [9.17, 15) is 18.0 Å². The summed E-state index contributed by atoms with van der Waals surface area (Å²) in [6, 6.07) is 1.40. The molecule has 0 radical (unpaired) electrons. The molecule has 0 aromatic heterocycles. The molecule has 1 aromatic carbocycles. The maximum Gasteiger partial charge on any atom is 0.254 e. The molecular weight excluding hydrogens is 257 g/mol. The number of carbonyl (C=O) groups is 1. The van der Waals surface area contributed by atoms with Gasteiger partial charge in [0.25, 0.3) is 5.91 Å². The molecule has 0 fully saturated rings. The van der Waals surface area contributed by atoms with Crippen LogP contribution in [0, 0.1) is 23.4 Å². The maximum atomic E-state index is 13.4. The molecule has 0 saturated heterocycles. The zero-order valence-electron chi connectivity index (χ0n) is 10.8. The van der Waals surface area contributed by atoms with Crippen molar-refractivity contribution in [1.82, 2.24) is 5.32 Å². The van der Waals surface area contributed by atoms with Crippen LogP contribution in [0.2, 0.25) is 0 Å². The van der Waals surface area contributed by atoms with E-state index in [2.05, 4.69) is 5.32 Å². The van der Waals surface area contributed by atoms with E-state index in [1.807, 2.05) is 13.8 Å². The second-order valence-corrected chi connectivity index (χ2v) is 4.62. The molecule has 1 rings (SSSR count). The molecule has 106 valence electrons.